The molecule has 0 spiro atoms. The van der Waals surface area contributed by atoms with Crippen molar-refractivity contribution < 1.29 is 80.2 Å². The van der Waals surface area contributed by atoms with E-state index in [4.69, 9.17) is 37.0 Å². The van der Waals surface area contributed by atoms with Crippen LogP contribution >= 0.6 is 15.6 Å². The molecular formula is C91H178O17P2. The standard InChI is InChI=1S/C91H178O17P2/c1-7-10-12-14-16-18-20-22-24-26-28-30-32-34-36-38-40-42-51-57-63-69-75-90(95)107-86(79-101-88(93)73-67-61-55-49-41-39-37-35-33-31-29-27-25-23-21-19-17-15-13-11-8-2)81-105-109(97,98)103-77-85(92)78-104-110(99,100)106-82-87(80-102-89(94)74-68-62-56-50-45-43-47-53-59-65-71-83(4)5)108-91(96)76-70-64-58-52-46-44-48-54-60-66-72-84(6)9-3/h83-87,92H,7-82H2,1-6H3,(H,97,98)(H,99,100)/t84?,85-,86-,87-/m1/s1. The maximum absolute atomic E-state index is 13.2. The van der Waals surface area contributed by atoms with Gasteiger partial charge in [0.1, 0.15) is 19.3 Å². The lowest BCUT2D eigenvalue weighted by atomic mass is 9.99. The summed E-state index contributed by atoms with van der Waals surface area (Å²) in [6.45, 7) is 9.71. The molecule has 0 saturated carbocycles. The summed E-state index contributed by atoms with van der Waals surface area (Å²) in [7, 11) is -9.94. The predicted octanol–water partition coefficient (Wildman–Crippen LogP) is 28.2. The highest BCUT2D eigenvalue weighted by Gasteiger charge is 2.31. The minimum Gasteiger partial charge on any atom is -0.462 e. The normalized spacial score (nSPS) is 14.0. The van der Waals surface area contributed by atoms with Crippen molar-refractivity contribution in [2.24, 2.45) is 11.8 Å². The van der Waals surface area contributed by atoms with Gasteiger partial charge in [-0.15, -0.1) is 0 Å². The molecule has 0 aliphatic carbocycles. The average molecular weight is 1610 g/mol. The van der Waals surface area contributed by atoms with Crippen LogP contribution < -0.4 is 0 Å². The number of unbranched alkanes of at least 4 members (excludes halogenated alkanes) is 59. The van der Waals surface area contributed by atoms with E-state index in [1.807, 2.05) is 0 Å². The minimum atomic E-state index is -4.97. The van der Waals surface area contributed by atoms with Gasteiger partial charge < -0.3 is 33.8 Å². The molecule has 654 valence electrons. The summed E-state index contributed by atoms with van der Waals surface area (Å²) in [5.74, 6) is -0.537. The molecule has 0 heterocycles. The maximum Gasteiger partial charge on any atom is 0.472 e. The van der Waals surface area contributed by atoms with Gasteiger partial charge in [-0.25, -0.2) is 9.13 Å². The zero-order valence-corrected chi connectivity index (χ0v) is 74.4. The second-order valence-electron chi connectivity index (χ2n) is 33.4. The number of hydrogen-bond acceptors (Lipinski definition) is 15. The first-order valence-corrected chi connectivity index (χ1v) is 50.0. The van der Waals surface area contributed by atoms with Crippen molar-refractivity contribution in [3.63, 3.8) is 0 Å². The van der Waals surface area contributed by atoms with Crippen molar-refractivity contribution in [3.05, 3.63) is 0 Å². The number of phosphoric acid groups is 2. The zero-order valence-electron chi connectivity index (χ0n) is 72.6. The third-order valence-corrected chi connectivity index (χ3v) is 23.7. The summed E-state index contributed by atoms with van der Waals surface area (Å²) in [6.07, 6.45) is 76.5. The molecule has 0 aromatic carbocycles. The van der Waals surface area contributed by atoms with Gasteiger partial charge >= 0.3 is 39.5 Å². The van der Waals surface area contributed by atoms with Crippen LogP contribution in [0.3, 0.4) is 0 Å². The van der Waals surface area contributed by atoms with Gasteiger partial charge in [-0.2, -0.15) is 0 Å². The molecule has 0 rings (SSSR count). The van der Waals surface area contributed by atoms with Crippen LogP contribution in [0, 0.1) is 11.8 Å². The number of aliphatic hydroxyl groups excluding tert-OH is 1. The van der Waals surface area contributed by atoms with Crippen molar-refractivity contribution in [1.29, 1.82) is 0 Å². The summed E-state index contributed by atoms with van der Waals surface area (Å²) in [5.41, 5.74) is 0. The van der Waals surface area contributed by atoms with Crippen LogP contribution in [-0.2, 0) is 65.4 Å². The minimum absolute atomic E-state index is 0.107. The van der Waals surface area contributed by atoms with Crippen LogP contribution in [0.25, 0.3) is 0 Å². The number of hydrogen-bond donors (Lipinski definition) is 3. The Balaban J connectivity index is 5.24. The van der Waals surface area contributed by atoms with Crippen LogP contribution in [0.15, 0.2) is 0 Å². The monoisotopic (exact) mass is 1610 g/mol. The quantitative estimate of drug-likeness (QED) is 0.0222. The van der Waals surface area contributed by atoms with E-state index in [0.717, 1.165) is 102 Å². The Bertz CT molecular complexity index is 2100. The first kappa shape index (κ1) is 108. The highest BCUT2D eigenvalue weighted by molar-refractivity contribution is 7.47. The Morgan fingerprint density at radius 3 is 0.691 bits per heavy atom. The SMILES string of the molecule is CCCCCCCCCCCCCCCCCCCCCCCCC(=O)O[C@H](COC(=O)CCCCCCCCCCCCCCCCCCCCCCC)COP(=O)(O)OC[C@@H](O)COP(=O)(O)OC[C@@H](COC(=O)CCCCCCCCCCCCC(C)C)OC(=O)CCCCCCCCCCCCC(C)CC. The van der Waals surface area contributed by atoms with Crippen LogP contribution in [0.4, 0.5) is 0 Å². The molecule has 19 heteroatoms. The van der Waals surface area contributed by atoms with E-state index < -0.39 is 97.5 Å². The van der Waals surface area contributed by atoms with Crippen LogP contribution in [0.2, 0.25) is 0 Å². The molecule has 6 atom stereocenters. The Morgan fingerprint density at radius 1 is 0.264 bits per heavy atom. The predicted molar refractivity (Wildman–Crippen MR) is 455 cm³/mol. The molecule has 0 aromatic heterocycles. The van der Waals surface area contributed by atoms with Crippen molar-refractivity contribution in [1.82, 2.24) is 0 Å². The smallest absolute Gasteiger partial charge is 0.462 e. The zero-order chi connectivity index (χ0) is 80.6. The molecule has 17 nitrogen and oxygen atoms in total. The maximum atomic E-state index is 13.2. The summed E-state index contributed by atoms with van der Waals surface area (Å²) in [6, 6.07) is 0. The molecule has 0 fully saturated rings. The number of carbonyl (C=O) groups excluding carboxylic acids is 4. The van der Waals surface area contributed by atoms with Crippen LogP contribution in [-0.4, -0.2) is 96.7 Å². The number of rotatable bonds is 90. The Kier molecular flexibility index (Phi) is 80.7. The van der Waals surface area contributed by atoms with Crippen LogP contribution in [0.5, 0.6) is 0 Å². The molecule has 0 aromatic rings. The molecule has 3 unspecified atom stereocenters. The number of phosphoric ester groups is 2. The third kappa shape index (κ3) is 82.6. The van der Waals surface area contributed by atoms with Gasteiger partial charge in [0.2, 0.25) is 0 Å². The topological polar surface area (TPSA) is 237 Å². The van der Waals surface area contributed by atoms with Gasteiger partial charge in [0.05, 0.1) is 26.4 Å². The van der Waals surface area contributed by atoms with E-state index in [0.29, 0.717) is 25.7 Å². The van der Waals surface area contributed by atoms with E-state index >= 15 is 0 Å². The Labute approximate surface area is 677 Å². The number of carbonyl (C=O) groups is 4. The highest BCUT2D eigenvalue weighted by Crippen LogP contribution is 2.45. The molecule has 0 amide bonds. The number of esters is 4. The van der Waals surface area contributed by atoms with Crippen molar-refractivity contribution in [2.45, 2.75) is 509 Å². The van der Waals surface area contributed by atoms with Gasteiger partial charge in [-0.3, -0.25) is 37.3 Å². The first-order chi connectivity index (χ1) is 53.4. The van der Waals surface area contributed by atoms with Crippen molar-refractivity contribution in [2.75, 3.05) is 39.6 Å². The van der Waals surface area contributed by atoms with Gasteiger partial charge in [0.15, 0.2) is 12.2 Å². The summed E-state index contributed by atoms with van der Waals surface area (Å²) < 4.78 is 69.1. The third-order valence-electron chi connectivity index (χ3n) is 21.8. The number of ether oxygens (including phenoxy) is 4. The Hall–Kier alpha value is -1.94. The summed E-state index contributed by atoms with van der Waals surface area (Å²) >= 11 is 0. The van der Waals surface area contributed by atoms with Gasteiger partial charge in [-0.05, 0) is 37.5 Å². The van der Waals surface area contributed by atoms with E-state index in [1.165, 1.54) is 308 Å². The lowest BCUT2D eigenvalue weighted by Gasteiger charge is -2.21. The first-order valence-electron chi connectivity index (χ1n) is 47.0. The Morgan fingerprint density at radius 2 is 0.464 bits per heavy atom. The lowest BCUT2D eigenvalue weighted by molar-refractivity contribution is -0.161. The van der Waals surface area contributed by atoms with E-state index in [-0.39, 0.29) is 25.7 Å². The van der Waals surface area contributed by atoms with Gasteiger partial charge in [-0.1, -0.05) is 440 Å². The molecule has 0 aliphatic heterocycles. The summed E-state index contributed by atoms with van der Waals surface area (Å²) in [5, 5.41) is 10.7. The van der Waals surface area contributed by atoms with Gasteiger partial charge in [0, 0.05) is 25.7 Å². The fourth-order valence-electron chi connectivity index (χ4n) is 14.3. The van der Waals surface area contributed by atoms with E-state index in [2.05, 4.69) is 41.5 Å². The fraction of sp³-hybridized carbons (Fsp3) is 0.956. The van der Waals surface area contributed by atoms with E-state index in [1.54, 1.807) is 0 Å². The van der Waals surface area contributed by atoms with Crippen molar-refractivity contribution in [3.8, 4) is 0 Å². The second-order valence-corrected chi connectivity index (χ2v) is 36.3. The molecule has 110 heavy (non-hydrogen) atoms. The molecule has 0 radical (unpaired) electrons. The molecule has 0 saturated heterocycles. The average Bonchev–Trinajstić information content (AvgIpc) is 0.898. The van der Waals surface area contributed by atoms with E-state index in [9.17, 15) is 43.2 Å². The second kappa shape index (κ2) is 82.2. The molecule has 0 bridgehead atoms. The van der Waals surface area contributed by atoms with Crippen molar-refractivity contribution >= 4 is 39.5 Å². The van der Waals surface area contributed by atoms with Gasteiger partial charge in [0.25, 0.3) is 0 Å². The molecule has 3 N–H and O–H groups in total. The number of aliphatic hydroxyl groups is 1. The molecular weight excluding hydrogens is 1430 g/mol. The van der Waals surface area contributed by atoms with Crippen LogP contribution in [0.1, 0.15) is 491 Å². The molecule has 0 aliphatic rings. The fourth-order valence-corrected chi connectivity index (χ4v) is 15.9. The highest BCUT2D eigenvalue weighted by atomic mass is 31.2. The largest absolute Gasteiger partial charge is 0.472 e. The summed E-state index contributed by atoms with van der Waals surface area (Å²) in [4.78, 5) is 73.4. The lowest BCUT2D eigenvalue weighted by Crippen LogP contribution is -2.30.